The van der Waals surface area contributed by atoms with Gasteiger partial charge in [-0.05, 0) is 38.1 Å². The number of benzene rings is 1. The van der Waals surface area contributed by atoms with Crippen molar-refractivity contribution in [2.24, 2.45) is 0 Å². The van der Waals surface area contributed by atoms with Crippen molar-refractivity contribution in [3.63, 3.8) is 0 Å². The van der Waals surface area contributed by atoms with Gasteiger partial charge in [0.05, 0.1) is 5.69 Å². The molecule has 110 valence electrons. The van der Waals surface area contributed by atoms with E-state index in [0.29, 0.717) is 6.04 Å². The largest absolute Gasteiger partial charge is 0.490 e. The SMILES string of the molecule is CC(Cc1ccc2c(c1)NCCO2)N1CCN(C)CC1. The summed E-state index contributed by atoms with van der Waals surface area (Å²) < 4.78 is 5.63. The number of ether oxygens (including phenoxy) is 1. The van der Waals surface area contributed by atoms with Crippen LogP contribution in [-0.2, 0) is 6.42 Å². The van der Waals surface area contributed by atoms with Gasteiger partial charge in [-0.2, -0.15) is 0 Å². The number of hydrogen-bond donors (Lipinski definition) is 1. The number of anilines is 1. The highest BCUT2D eigenvalue weighted by atomic mass is 16.5. The van der Waals surface area contributed by atoms with Crippen molar-refractivity contribution in [1.29, 1.82) is 0 Å². The standard InChI is InChI=1S/C16H25N3O/c1-13(19-8-6-18(2)7-9-19)11-14-3-4-16-15(12-14)17-5-10-20-16/h3-4,12-13,17H,5-11H2,1-2H3. The highest BCUT2D eigenvalue weighted by Gasteiger charge is 2.19. The molecular weight excluding hydrogens is 250 g/mol. The third kappa shape index (κ3) is 3.07. The fraction of sp³-hybridized carbons (Fsp3) is 0.625. The average molecular weight is 275 g/mol. The van der Waals surface area contributed by atoms with Crippen molar-refractivity contribution in [1.82, 2.24) is 9.80 Å². The molecule has 0 spiro atoms. The van der Waals surface area contributed by atoms with Gasteiger partial charge in [-0.3, -0.25) is 4.90 Å². The normalized spacial score (nSPS) is 21.7. The van der Waals surface area contributed by atoms with Gasteiger partial charge in [0.2, 0.25) is 0 Å². The maximum Gasteiger partial charge on any atom is 0.142 e. The van der Waals surface area contributed by atoms with Crippen molar-refractivity contribution in [2.45, 2.75) is 19.4 Å². The fourth-order valence-corrected chi connectivity index (χ4v) is 3.05. The molecule has 1 unspecified atom stereocenters. The van der Waals surface area contributed by atoms with Crippen LogP contribution in [0.1, 0.15) is 12.5 Å². The minimum Gasteiger partial charge on any atom is -0.490 e. The molecule has 0 aliphatic carbocycles. The average Bonchev–Trinajstić information content (AvgIpc) is 2.48. The lowest BCUT2D eigenvalue weighted by molar-refractivity contribution is 0.118. The quantitative estimate of drug-likeness (QED) is 0.908. The Morgan fingerprint density at radius 3 is 2.85 bits per heavy atom. The number of nitrogens with one attached hydrogen (secondary N) is 1. The van der Waals surface area contributed by atoms with Crippen LogP contribution in [0.15, 0.2) is 18.2 Å². The molecule has 1 aromatic carbocycles. The molecule has 0 radical (unpaired) electrons. The minimum absolute atomic E-state index is 0.603. The molecule has 2 aliphatic heterocycles. The summed E-state index contributed by atoms with van der Waals surface area (Å²) in [4.78, 5) is 5.01. The Balaban J connectivity index is 1.62. The summed E-state index contributed by atoms with van der Waals surface area (Å²) in [5.41, 5.74) is 2.55. The van der Waals surface area contributed by atoms with Gasteiger partial charge in [0.25, 0.3) is 0 Å². The Morgan fingerprint density at radius 1 is 1.25 bits per heavy atom. The van der Waals surface area contributed by atoms with Gasteiger partial charge in [-0.1, -0.05) is 6.07 Å². The second-order valence-electron chi connectivity index (χ2n) is 6.00. The van der Waals surface area contributed by atoms with E-state index in [1.807, 2.05) is 0 Å². The van der Waals surface area contributed by atoms with E-state index in [-0.39, 0.29) is 0 Å². The molecule has 1 N–H and O–H groups in total. The van der Waals surface area contributed by atoms with Crippen LogP contribution in [0, 0.1) is 0 Å². The molecule has 1 saturated heterocycles. The van der Waals surface area contributed by atoms with Crippen LogP contribution in [0.5, 0.6) is 5.75 Å². The molecule has 0 aromatic heterocycles. The second-order valence-corrected chi connectivity index (χ2v) is 6.00. The van der Waals surface area contributed by atoms with E-state index in [9.17, 15) is 0 Å². The summed E-state index contributed by atoms with van der Waals surface area (Å²) in [6.45, 7) is 8.75. The molecule has 1 aromatic rings. The van der Waals surface area contributed by atoms with Gasteiger partial charge in [-0.15, -0.1) is 0 Å². The Bertz CT molecular complexity index is 455. The summed E-state index contributed by atoms with van der Waals surface area (Å²) >= 11 is 0. The predicted molar refractivity (Wildman–Crippen MR) is 82.7 cm³/mol. The van der Waals surface area contributed by atoms with Gasteiger partial charge < -0.3 is 15.0 Å². The van der Waals surface area contributed by atoms with Crippen LogP contribution >= 0.6 is 0 Å². The molecule has 20 heavy (non-hydrogen) atoms. The molecule has 1 atom stereocenters. The Morgan fingerprint density at radius 2 is 2.05 bits per heavy atom. The lowest BCUT2D eigenvalue weighted by Crippen LogP contribution is -2.48. The van der Waals surface area contributed by atoms with Crippen molar-refractivity contribution in [3.05, 3.63) is 23.8 Å². The smallest absolute Gasteiger partial charge is 0.142 e. The Kier molecular flexibility index (Phi) is 4.13. The molecule has 0 saturated carbocycles. The van der Waals surface area contributed by atoms with E-state index in [4.69, 9.17) is 4.74 Å². The number of nitrogens with zero attached hydrogens (tertiary/aromatic N) is 2. The maximum absolute atomic E-state index is 5.63. The lowest BCUT2D eigenvalue weighted by atomic mass is 10.0. The van der Waals surface area contributed by atoms with E-state index >= 15 is 0 Å². The fourth-order valence-electron chi connectivity index (χ4n) is 3.05. The van der Waals surface area contributed by atoms with Gasteiger partial charge in [-0.25, -0.2) is 0 Å². The van der Waals surface area contributed by atoms with Crippen LogP contribution in [0.4, 0.5) is 5.69 Å². The summed E-state index contributed by atoms with van der Waals surface area (Å²) in [7, 11) is 2.21. The number of likely N-dealkylation sites (N-methyl/N-ethyl adjacent to an activating group) is 1. The number of piperazine rings is 1. The molecule has 2 heterocycles. The number of rotatable bonds is 3. The highest BCUT2D eigenvalue weighted by Crippen LogP contribution is 2.28. The van der Waals surface area contributed by atoms with Gasteiger partial charge in [0.1, 0.15) is 12.4 Å². The topological polar surface area (TPSA) is 27.7 Å². The summed E-state index contributed by atoms with van der Waals surface area (Å²) in [6.07, 6.45) is 1.11. The van der Waals surface area contributed by atoms with E-state index in [0.717, 1.165) is 31.0 Å². The van der Waals surface area contributed by atoms with E-state index in [1.54, 1.807) is 0 Å². The second kappa shape index (κ2) is 6.02. The highest BCUT2D eigenvalue weighted by molar-refractivity contribution is 5.59. The molecule has 2 aliphatic rings. The summed E-state index contributed by atoms with van der Waals surface area (Å²) in [6, 6.07) is 7.17. The molecule has 4 heteroatoms. The zero-order chi connectivity index (χ0) is 13.9. The van der Waals surface area contributed by atoms with Crippen LogP contribution in [-0.4, -0.2) is 62.2 Å². The van der Waals surface area contributed by atoms with Crippen LogP contribution < -0.4 is 10.1 Å². The molecule has 1 fully saturated rings. The third-order valence-corrected chi connectivity index (χ3v) is 4.41. The minimum atomic E-state index is 0.603. The monoisotopic (exact) mass is 275 g/mol. The first kappa shape index (κ1) is 13.7. The van der Waals surface area contributed by atoms with Crippen LogP contribution in [0.25, 0.3) is 0 Å². The van der Waals surface area contributed by atoms with E-state index in [2.05, 4.69) is 47.3 Å². The Hall–Kier alpha value is -1.26. The molecular formula is C16H25N3O. The number of fused-ring (bicyclic) bond motifs is 1. The zero-order valence-corrected chi connectivity index (χ0v) is 12.6. The van der Waals surface area contributed by atoms with Crippen molar-refractivity contribution in [2.75, 3.05) is 51.7 Å². The first-order valence-electron chi connectivity index (χ1n) is 7.64. The van der Waals surface area contributed by atoms with Gasteiger partial charge in [0, 0.05) is 38.8 Å². The van der Waals surface area contributed by atoms with E-state index < -0.39 is 0 Å². The van der Waals surface area contributed by atoms with Crippen molar-refractivity contribution < 1.29 is 4.74 Å². The third-order valence-electron chi connectivity index (χ3n) is 4.41. The zero-order valence-electron chi connectivity index (χ0n) is 12.6. The Labute approximate surface area is 121 Å². The van der Waals surface area contributed by atoms with Crippen molar-refractivity contribution in [3.8, 4) is 5.75 Å². The lowest BCUT2D eigenvalue weighted by Gasteiger charge is -2.36. The molecule has 0 amide bonds. The summed E-state index contributed by atoms with van der Waals surface area (Å²) in [5, 5.41) is 3.42. The predicted octanol–water partition coefficient (Wildman–Crippen LogP) is 1.67. The summed E-state index contributed by atoms with van der Waals surface area (Å²) in [5.74, 6) is 0.993. The number of hydrogen-bond acceptors (Lipinski definition) is 4. The first-order chi connectivity index (χ1) is 9.72. The van der Waals surface area contributed by atoms with E-state index in [1.165, 1.54) is 31.7 Å². The van der Waals surface area contributed by atoms with Gasteiger partial charge >= 0.3 is 0 Å². The maximum atomic E-state index is 5.63. The molecule has 4 nitrogen and oxygen atoms in total. The van der Waals surface area contributed by atoms with Crippen molar-refractivity contribution >= 4 is 5.69 Å². The van der Waals surface area contributed by atoms with Crippen LogP contribution in [0.3, 0.4) is 0 Å². The van der Waals surface area contributed by atoms with Crippen LogP contribution in [0.2, 0.25) is 0 Å². The molecule has 3 rings (SSSR count). The molecule has 0 bridgehead atoms. The van der Waals surface area contributed by atoms with Gasteiger partial charge in [0.15, 0.2) is 0 Å². The first-order valence-corrected chi connectivity index (χ1v) is 7.64.